The van der Waals surface area contributed by atoms with Gasteiger partial charge in [0.2, 0.25) is 6.79 Å². The van der Waals surface area contributed by atoms with Crippen molar-refractivity contribution in [1.82, 2.24) is 0 Å². The summed E-state index contributed by atoms with van der Waals surface area (Å²) >= 11 is -0.116. The molecule has 7 heteroatoms. The summed E-state index contributed by atoms with van der Waals surface area (Å²) < 4.78 is 55.9. The second kappa shape index (κ2) is 7.31. The van der Waals surface area contributed by atoms with Crippen LogP contribution in [0.5, 0.6) is 17.2 Å². The van der Waals surface area contributed by atoms with E-state index in [1.807, 2.05) is 0 Å². The van der Waals surface area contributed by atoms with E-state index >= 15 is 0 Å². The maximum atomic E-state index is 13.4. The van der Waals surface area contributed by atoms with E-state index in [-0.39, 0.29) is 23.5 Å². The highest BCUT2D eigenvalue weighted by atomic mass is 32.2. The number of halogens is 3. The fraction of sp³-hybridized carbons (Fsp3) is 0.143. The molecular formula is C21H15F3O3S. The van der Waals surface area contributed by atoms with Crippen LogP contribution >= 0.6 is 11.8 Å². The summed E-state index contributed by atoms with van der Waals surface area (Å²) in [5.74, 6) is 1.75. The molecular weight excluding hydrogens is 389 g/mol. The fourth-order valence-corrected chi connectivity index (χ4v) is 3.88. The van der Waals surface area contributed by atoms with E-state index in [4.69, 9.17) is 14.2 Å². The highest BCUT2D eigenvalue weighted by Gasteiger charge is 2.32. The average Bonchev–Trinajstić information content (AvgIpc) is 3.15. The van der Waals surface area contributed by atoms with E-state index in [0.717, 1.165) is 0 Å². The third-order valence-corrected chi connectivity index (χ3v) is 5.19. The van der Waals surface area contributed by atoms with Crippen LogP contribution in [0, 0.1) is 0 Å². The number of alkyl halides is 3. The van der Waals surface area contributed by atoms with Crippen molar-refractivity contribution < 1.29 is 27.4 Å². The minimum absolute atomic E-state index is 0.106. The first-order chi connectivity index (χ1) is 13.4. The van der Waals surface area contributed by atoms with Crippen molar-refractivity contribution >= 4 is 11.8 Å². The quantitative estimate of drug-likeness (QED) is 0.472. The number of fused-ring (bicyclic) bond motifs is 1. The van der Waals surface area contributed by atoms with Gasteiger partial charge in [0, 0.05) is 4.90 Å². The van der Waals surface area contributed by atoms with Gasteiger partial charge in [-0.15, -0.1) is 0 Å². The lowest BCUT2D eigenvalue weighted by Gasteiger charge is -2.17. The van der Waals surface area contributed by atoms with Crippen LogP contribution < -0.4 is 14.2 Å². The molecule has 0 fully saturated rings. The van der Waals surface area contributed by atoms with Gasteiger partial charge in [0.1, 0.15) is 5.75 Å². The molecule has 0 atom stereocenters. The molecule has 0 unspecified atom stereocenters. The number of benzene rings is 3. The molecule has 0 N–H and O–H groups in total. The van der Waals surface area contributed by atoms with Crippen LogP contribution in [0.4, 0.5) is 13.2 Å². The second-order valence-electron chi connectivity index (χ2n) is 6.03. The molecule has 1 aliphatic heterocycles. The van der Waals surface area contributed by atoms with Crippen LogP contribution in [0.25, 0.3) is 22.3 Å². The van der Waals surface area contributed by atoms with E-state index in [2.05, 4.69) is 0 Å². The monoisotopic (exact) mass is 404 g/mol. The van der Waals surface area contributed by atoms with Gasteiger partial charge < -0.3 is 14.2 Å². The van der Waals surface area contributed by atoms with E-state index in [0.29, 0.717) is 39.5 Å². The molecule has 28 heavy (non-hydrogen) atoms. The van der Waals surface area contributed by atoms with Crippen molar-refractivity contribution in [3.8, 4) is 39.5 Å². The van der Waals surface area contributed by atoms with Crippen molar-refractivity contribution in [2.75, 3.05) is 13.9 Å². The molecule has 0 saturated heterocycles. The average molecular weight is 404 g/mol. The molecule has 3 aromatic rings. The molecule has 0 radical (unpaired) electrons. The lowest BCUT2D eigenvalue weighted by Crippen LogP contribution is -2.01. The summed E-state index contributed by atoms with van der Waals surface area (Å²) in [5, 5.41) is 0. The summed E-state index contributed by atoms with van der Waals surface area (Å²) in [6, 6.07) is 17.2. The summed E-state index contributed by atoms with van der Waals surface area (Å²) in [4.78, 5) is 0.138. The van der Waals surface area contributed by atoms with Crippen molar-refractivity contribution in [3.63, 3.8) is 0 Å². The molecule has 0 aromatic heterocycles. The van der Waals surface area contributed by atoms with E-state index in [1.54, 1.807) is 67.8 Å². The van der Waals surface area contributed by atoms with Gasteiger partial charge >= 0.3 is 5.51 Å². The number of rotatable bonds is 4. The third kappa shape index (κ3) is 3.75. The molecule has 0 aliphatic carbocycles. The first-order valence-electron chi connectivity index (χ1n) is 8.38. The van der Waals surface area contributed by atoms with Crippen molar-refractivity contribution in [2.24, 2.45) is 0 Å². The van der Waals surface area contributed by atoms with Gasteiger partial charge in [0.25, 0.3) is 0 Å². The van der Waals surface area contributed by atoms with Crippen molar-refractivity contribution in [2.45, 2.75) is 10.4 Å². The molecule has 4 rings (SSSR count). The lowest BCUT2D eigenvalue weighted by atomic mass is 9.98. The standard InChI is InChI=1S/C21H15F3O3S/c1-25-15-8-5-13(6-9-15)16-3-2-4-17(20(16)28-21(22,23)24)14-7-10-18-19(11-14)27-12-26-18/h2-11H,12H2,1H3. The van der Waals surface area contributed by atoms with Crippen LogP contribution in [-0.2, 0) is 0 Å². The Labute approximate surface area is 164 Å². The van der Waals surface area contributed by atoms with E-state index in [9.17, 15) is 13.2 Å². The topological polar surface area (TPSA) is 27.7 Å². The van der Waals surface area contributed by atoms with Crippen LogP contribution in [0.1, 0.15) is 0 Å². The molecule has 3 aromatic carbocycles. The highest BCUT2D eigenvalue weighted by molar-refractivity contribution is 8.00. The fourth-order valence-electron chi connectivity index (χ4n) is 3.05. The molecule has 3 nitrogen and oxygen atoms in total. The summed E-state index contributed by atoms with van der Waals surface area (Å²) in [6.45, 7) is 0.106. The Kier molecular flexibility index (Phi) is 4.85. The van der Waals surface area contributed by atoms with Crippen LogP contribution in [-0.4, -0.2) is 19.4 Å². The van der Waals surface area contributed by atoms with Gasteiger partial charge in [-0.05, 0) is 58.3 Å². The Morgan fingerprint density at radius 3 is 2.18 bits per heavy atom. The Balaban J connectivity index is 1.86. The van der Waals surface area contributed by atoms with Gasteiger partial charge in [-0.2, -0.15) is 13.2 Å². The smallest absolute Gasteiger partial charge is 0.446 e. The van der Waals surface area contributed by atoms with Crippen molar-refractivity contribution in [3.05, 3.63) is 60.7 Å². The summed E-state index contributed by atoms with van der Waals surface area (Å²) in [7, 11) is 1.54. The summed E-state index contributed by atoms with van der Waals surface area (Å²) in [6.07, 6.45) is 0. The zero-order chi connectivity index (χ0) is 19.7. The summed E-state index contributed by atoms with van der Waals surface area (Å²) in [5.41, 5.74) is -2.14. The second-order valence-corrected chi connectivity index (χ2v) is 7.10. The first kappa shape index (κ1) is 18.6. The van der Waals surface area contributed by atoms with Crippen molar-refractivity contribution in [1.29, 1.82) is 0 Å². The zero-order valence-electron chi connectivity index (χ0n) is 14.7. The molecule has 1 heterocycles. The Morgan fingerprint density at radius 2 is 1.50 bits per heavy atom. The Hall–Kier alpha value is -2.80. The van der Waals surface area contributed by atoms with Gasteiger partial charge in [0.15, 0.2) is 11.5 Å². The van der Waals surface area contributed by atoms with E-state index in [1.165, 1.54) is 0 Å². The van der Waals surface area contributed by atoms with Gasteiger partial charge in [-0.3, -0.25) is 0 Å². The molecule has 0 saturated carbocycles. The predicted octanol–water partition coefficient (Wildman–Crippen LogP) is 6.37. The Bertz CT molecular complexity index is 1000. The zero-order valence-corrected chi connectivity index (χ0v) is 15.6. The minimum atomic E-state index is -4.42. The normalized spacial score (nSPS) is 12.9. The maximum absolute atomic E-state index is 13.4. The number of hydrogen-bond acceptors (Lipinski definition) is 4. The number of ether oxygens (including phenoxy) is 3. The largest absolute Gasteiger partial charge is 0.497 e. The van der Waals surface area contributed by atoms with Crippen LogP contribution in [0.3, 0.4) is 0 Å². The first-order valence-corrected chi connectivity index (χ1v) is 9.19. The number of methoxy groups -OCH3 is 1. The maximum Gasteiger partial charge on any atom is 0.446 e. The SMILES string of the molecule is COc1ccc(-c2cccc(-c3ccc4c(c3)OCO4)c2SC(F)(F)F)cc1. The van der Waals surface area contributed by atoms with Crippen LogP contribution in [0.15, 0.2) is 65.6 Å². The predicted molar refractivity (Wildman–Crippen MR) is 102 cm³/mol. The molecule has 0 spiro atoms. The number of thioether (sulfide) groups is 1. The minimum Gasteiger partial charge on any atom is -0.497 e. The van der Waals surface area contributed by atoms with Gasteiger partial charge in [-0.25, -0.2) is 0 Å². The third-order valence-electron chi connectivity index (χ3n) is 4.32. The molecule has 1 aliphatic rings. The van der Waals surface area contributed by atoms with E-state index < -0.39 is 5.51 Å². The Morgan fingerprint density at radius 1 is 0.857 bits per heavy atom. The number of hydrogen-bond donors (Lipinski definition) is 0. The molecule has 0 bridgehead atoms. The molecule has 144 valence electrons. The molecule has 0 amide bonds. The lowest BCUT2D eigenvalue weighted by molar-refractivity contribution is -0.0327. The highest BCUT2D eigenvalue weighted by Crippen LogP contribution is 2.48. The van der Waals surface area contributed by atoms with Gasteiger partial charge in [0.05, 0.1) is 7.11 Å². The van der Waals surface area contributed by atoms with Gasteiger partial charge in [-0.1, -0.05) is 36.4 Å². The van der Waals surface area contributed by atoms with Crippen LogP contribution in [0.2, 0.25) is 0 Å².